The first-order chi connectivity index (χ1) is 23.9. The number of hydrogen-bond acceptors (Lipinski definition) is 9. The second kappa shape index (κ2) is 16.2. The maximum Gasteiger partial charge on any atom is 0.259 e. The molecule has 16 nitrogen and oxygen atoms in total. The highest BCUT2D eigenvalue weighted by atomic mass is 35.5. The van der Waals surface area contributed by atoms with Gasteiger partial charge >= 0.3 is 0 Å². The van der Waals surface area contributed by atoms with E-state index in [1.54, 1.807) is 32.6 Å². The molecule has 4 N–H and O–H groups in total. The second-order valence-corrected chi connectivity index (χ2v) is 13.2. The van der Waals surface area contributed by atoms with E-state index in [-0.39, 0.29) is 48.5 Å². The van der Waals surface area contributed by atoms with Crippen molar-refractivity contribution in [3.8, 4) is 5.75 Å². The van der Waals surface area contributed by atoms with Gasteiger partial charge in [-0.2, -0.15) is 5.10 Å². The zero-order chi connectivity index (χ0) is 35.9. The van der Waals surface area contributed by atoms with Crippen molar-refractivity contribution in [2.24, 2.45) is 13.0 Å². The Balaban J connectivity index is 1.40. The van der Waals surface area contributed by atoms with Gasteiger partial charge in [-0.1, -0.05) is 30.7 Å². The van der Waals surface area contributed by atoms with Gasteiger partial charge in [0.25, 0.3) is 11.8 Å². The average molecular weight is 711 g/mol. The number of aliphatic hydroxyl groups excluding tert-OH is 1. The minimum absolute atomic E-state index is 0.0156. The van der Waals surface area contributed by atoms with Crippen molar-refractivity contribution in [2.75, 3.05) is 26.2 Å². The van der Waals surface area contributed by atoms with E-state index >= 15 is 0 Å². The van der Waals surface area contributed by atoms with Gasteiger partial charge in [-0.05, 0) is 37.5 Å². The number of nitrogens with zero attached hydrogens (tertiary/aromatic N) is 7. The minimum atomic E-state index is -1.36. The van der Waals surface area contributed by atoms with Crippen molar-refractivity contribution >= 4 is 40.9 Å². The number of benzene rings is 1. The van der Waals surface area contributed by atoms with Gasteiger partial charge in [-0.15, -0.1) is 5.10 Å². The van der Waals surface area contributed by atoms with Gasteiger partial charge in [-0.3, -0.25) is 23.9 Å². The van der Waals surface area contributed by atoms with E-state index in [0.29, 0.717) is 48.6 Å². The third-order valence-corrected chi connectivity index (χ3v) is 8.63. The third kappa shape index (κ3) is 8.79. The van der Waals surface area contributed by atoms with E-state index in [0.717, 1.165) is 0 Å². The van der Waals surface area contributed by atoms with Crippen LogP contribution in [0.15, 0.2) is 43.0 Å². The summed E-state index contributed by atoms with van der Waals surface area (Å²) in [7, 11) is 1.83. The molecular weight excluding hydrogens is 668 g/mol. The first kappa shape index (κ1) is 36.3. The largest absolute Gasteiger partial charge is 0.492 e. The monoisotopic (exact) mass is 710 g/mol. The number of carbonyl (C=O) groups is 4. The standard InChI is InChI=1S/C33H43ClN10O6/c1-20(2)16-26-30(47)35-9-12-42(33(49)24-18-36-44-14-13-41(4)32(24)44)11-8-23-19-43(40-39-23)10-5-15-50-27-7-6-22(17-25(27)34)29(46)38-28(21(3)45)31(48)37-26/h6-7,13-14,17-21,26,28,45H,5,8-12,15-16H2,1-4H3,(H,35,47)(H,37,48)(H,38,46)/t21-,26-,28+/m1/s1. The molecule has 5 heterocycles. The Labute approximate surface area is 294 Å². The van der Waals surface area contributed by atoms with Crippen LogP contribution in [0.2, 0.25) is 5.02 Å². The number of amides is 4. The molecule has 3 aromatic heterocycles. The quantitative estimate of drug-likeness (QED) is 0.226. The van der Waals surface area contributed by atoms with E-state index in [2.05, 4.69) is 31.4 Å². The number of imidazole rings is 1. The second-order valence-electron chi connectivity index (χ2n) is 12.8. The summed E-state index contributed by atoms with van der Waals surface area (Å²) >= 11 is 6.41. The Morgan fingerprint density at radius 3 is 2.64 bits per heavy atom. The van der Waals surface area contributed by atoms with E-state index in [4.69, 9.17) is 16.3 Å². The van der Waals surface area contributed by atoms with Gasteiger partial charge in [-0.25, -0.2) is 4.52 Å². The molecular formula is C33H43ClN10O6. The molecule has 4 amide bonds. The maximum absolute atomic E-state index is 13.9. The molecule has 6 rings (SSSR count). The average Bonchev–Trinajstić information content (AvgIpc) is 3.80. The molecule has 2 aliphatic rings. The number of aryl methyl sites for hydroxylation is 2. The molecule has 0 saturated carbocycles. The lowest BCUT2D eigenvalue weighted by Crippen LogP contribution is -2.57. The highest BCUT2D eigenvalue weighted by Crippen LogP contribution is 2.26. The SMILES string of the molecule is CC(C)C[C@H]1NC(=O)[C@H]([C@@H](C)O)NC(=O)c2ccc(c(Cl)c2)OCCCn2cc(nn2)CCN(C(=O)c2cnn3ccn(C)c23)CCNC1=O. The Morgan fingerprint density at radius 2 is 1.90 bits per heavy atom. The van der Waals surface area contributed by atoms with Gasteiger partial charge in [0.05, 0.1) is 29.6 Å². The van der Waals surface area contributed by atoms with Crippen molar-refractivity contribution < 1.29 is 29.0 Å². The molecule has 1 aromatic carbocycles. The first-order valence-corrected chi connectivity index (χ1v) is 16.9. The van der Waals surface area contributed by atoms with Crippen molar-refractivity contribution in [3.63, 3.8) is 0 Å². The van der Waals surface area contributed by atoms with Gasteiger partial charge in [0.2, 0.25) is 11.8 Å². The first-order valence-electron chi connectivity index (χ1n) is 16.6. The van der Waals surface area contributed by atoms with Crippen LogP contribution in [0.3, 0.4) is 0 Å². The summed E-state index contributed by atoms with van der Waals surface area (Å²) in [6, 6.07) is 2.15. The summed E-state index contributed by atoms with van der Waals surface area (Å²) in [4.78, 5) is 55.6. The summed E-state index contributed by atoms with van der Waals surface area (Å²) in [6.07, 6.45) is 6.91. The topological polar surface area (TPSA) is 190 Å². The number of ether oxygens (including phenoxy) is 1. The predicted molar refractivity (Wildman–Crippen MR) is 183 cm³/mol. The lowest BCUT2D eigenvalue weighted by Gasteiger charge is -2.26. The third-order valence-electron chi connectivity index (χ3n) is 8.33. The molecule has 0 saturated heterocycles. The van der Waals surface area contributed by atoms with Crippen molar-refractivity contribution in [1.29, 1.82) is 0 Å². The molecule has 268 valence electrons. The lowest BCUT2D eigenvalue weighted by atomic mass is 10.0. The zero-order valence-electron chi connectivity index (χ0n) is 28.5. The van der Waals surface area contributed by atoms with Crippen molar-refractivity contribution in [2.45, 2.75) is 64.8 Å². The smallest absolute Gasteiger partial charge is 0.259 e. The van der Waals surface area contributed by atoms with Crippen LogP contribution in [-0.4, -0.2) is 107 Å². The van der Waals surface area contributed by atoms with Crippen molar-refractivity contribution in [1.82, 2.24) is 50.0 Å². The fourth-order valence-electron chi connectivity index (χ4n) is 5.70. The van der Waals surface area contributed by atoms with Crippen LogP contribution in [0, 0.1) is 5.92 Å². The number of carbonyl (C=O) groups excluding carboxylic acids is 4. The minimum Gasteiger partial charge on any atom is -0.492 e. The molecule has 3 atom stereocenters. The van der Waals surface area contributed by atoms with Crippen LogP contribution in [0.5, 0.6) is 5.75 Å². The Morgan fingerprint density at radius 1 is 1.10 bits per heavy atom. The Bertz CT molecular complexity index is 1830. The number of fused-ring (bicyclic) bond motifs is 18. The highest BCUT2D eigenvalue weighted by molar-refractivity contribution is 6.32. The number of halogens is 1. The summed E-state index contributed by atoms with van der Waals surface area (Å²) in [5.41, 5.74) is 1.88. The van der Waals surface area contributed by atoms with Crippen LogP contribution in [0.4, 0.5) is 0 Å². The predicted octanol–water partition coefficient (Wildman–Crippen LogP) is 1.21. The number of nitrogens with one attached hydrogen (secondary N) is 3. The summed E-state index contributed by atoms with van der Waals surface area (Å²) in [6.45, 7) is 6.55. The van der Waals surface area contributed by atoms with Gasteiger partial charge in [0, 0.05) is 70.2 Å². The van der Waals surface area contributed by atoms with E-state index in [1.807, 2.05) is 31.7 Å². The summed E-state index contributed by atoms with van der Waals surface area (Å²) < 4.78 is 11.0. The van der Waals surface area contributed by atoms with Gasteiger partial charge in [0.1, 0.15) is 29.0 Å². The van der Waals surface area contributed by atoms with Crippen LogP contribution >= 0.6 is 11.6 Å². The number of aromatic nitrogens is 6. The van der Waals surface area contributed by atoms with Gasteiger partial charge in [0.15, 0.2) is 0 Å². The fourth-order valence-corrected chi connectivity index (χ4v) is 5.93. The van der Waals surface area contributed by atoms with Crippen LogP contribution in [-0.2, 0) is 29.6 Å². The molecule has 0 unspecified atom stereocenters. The molecule has 0 radical (unpaired) electrons. The van der Waals surface area contributed by atoms with E-state index in [9.17, 15) is 24.3 Å². The molecule has 2 aliphatic heterocycles. The fraction of sp³-hybridized carbons (Fsp3) is 0.485. The molecule has 50 heavy (non-hydrogen) atoms. The number of rotatable bonds is 4. The molecule has 0 aliphatic carbocycles. The van der Waals surface area contributed by atoms with Gasteiger partial charge < -0.3 is 35.3 Å². The van der Waals surface area contributed by atoms with E-state index in [1.165, 1.54) is 25.3 Å². The highest BCUT2D eigenvalue weighted by Gasteiger charge is 2.31. The number of aliphatic hydroxyl groups is 1. The summed E-state index contributed by atoms with van der Waals surface area (Å²) in [5.74, 6) is -1.72. The van der Waals surface area contributed by atoms with Crippen LogP contribution < -0.4 is 20.7 Å². The lowest BCUT2D eigenvalue weighted by molar-refractivity contribution is -0.131. The van der Waals surface area contributed by atoms with Crippen molar-refractivity contribution in [3.05, 3.63) is 64.8 Å². The normalized spacial score (nSPS) is 19.4. The molecule has 17 heteroatoms. The molecule has 0 fully saturated rings. The number of hydrogen-bond donors (Lipinski definition) is 4. The van der Waals surface area contributed by atoms with E-state index < -0.39 is 35.9 Å². The maximum atomic E-state index is 13.9. The Hall–Kier alpha value is -4.96. The van der Waals surface area contributed by atoms with Crippen LogP contribution in [0.25, 0.3) is 5.65 Å². The molecule has 0 spiro atoms. The van der Waals surface area contributed by atoms with Crippen LogP contribution in [0.1, 0.15) is 60.0 Å². The molecule has 4 bridgehead atoms. The Kier molecular flexibility index (Phi) is 11.7. The zero-order valence-corrected chi connectivity index (χ0v) is 29.3. The summed E-state index contributed by atoms with van der Waals surface area (Å²) in [5, 5.41) is 31.6. The molecule has 4 aromatic rings.